The number of aromatic nitrogens is 1. The van der Waals surface area contributed by atoms with Crippen LogP contribution in [0, 0.1) is 12.8 Å². The summed E-state index contributed by atoms with van der Waals surface area (Å²) in [6, 6.07) is 0.130. The van der Waals surface area contributed by atoms with Crippen molar-refractivity contribution in [1.29, 1.82) is 0 Å². The molecule has 0 spiro atoms. The van der Waals surface area contributed by atoms with Crippen molar-refractivity contribution in [2.24, 2.45) is 5.92 Å². The van der Waals surface area contributed by atoms with Crippen molar-refractivity contribution in [1.82, 2.24) is 10.3 Å². The molecule has 2 aliphatic rings. The summed E-state index contributed by atoms with van der Waals surface area (Å²) in [7, 11) is 0. The quantitative estimate of drug-likeness (QED) is 0.877. The molecule has 5 heteroatoms. The Morgan fingerprint density at radius 2 is 2.40 bits per heavy atom. The third-order valence-electron chi connectivity index (χ3n) is 4.03. The first kappa shape index (κ1) is 14.0. The van der Waals surface area contributed by atoms with Crippen LogP contribution in [-0.4, -0.2) is 23.6 Å². The smallest absolute Gasteiger partial charge is 0.220 e. The van der Waals surface area contributed by atoms with Gasteiger partial charge in [-0.1, -0.05) is 0 Å². The molecular formula is C15H22N2O2S. The molecule has 0 radical (unpaired) electrons. The number of nitrogens with zero attached hydrogens (tertiary/aromatic N) is 1. The molecule has 2 fully saturated rings. The molecule has 1 saturated carbocycles. The first-order chi connectivity index (χ1) is 9.72. The lowest BCUT2D eigenvalue weighted by Gasteiger charge is -2.16. The Bertz CT molecular complexity index is 464. The third kappa shape index (κ3) is 3.58. The van der Waals surface area contributed by atoms with Crippen LogP contribution in [0.2, 0.25) is 0 Å². The van der Waals surface area contributed by atoms with Gasteiger partial charge in [0.2, 0.25) is 5.91 Å². The highest BCUT2D eigenvalue weighted by Crippen LogP contribution is 2.42. The third-order valence-corrected chi connectivity index (χ3v) is 5.03. The zero-order valence-electron chi connectivity index (χ0n) is 11.9. The van der Waals surface area contributed by atoms with Gasteiger partial charge in [-0.05, 0) is 44.9 Å². The molecule has 0 unspecified atom stereocenters. The van der Waals surface area contributed by atoms with Crippen molar-refractivity contribution in [3.8, 4) is 0 Å². The van der Waals surface area contributed by atoms with E-state index >= 15 is 0 Å². The minimum atomic E-state index is 0.130. The van der Waals surface area contributed by atoms with E-state index in [1.54, 1.807) is 11.3 Å². The molecule has 1 amide bonds. The molecule has 3 rings (SSSR count). The number of thiazole rings is 1. The minimum Gasteiger partial charge on any atom is -0.378 e. The summed E-state index contributed by atoms with van der Waals surface area (Å²) < 4.78 is 5.57. The normalized spacial score (nSPS) is 23.8. The Morgan fingerprint density at radius 3 is 3.00 bits per heavy atom. The fourth-order valence-electron chi connectivity index (χ4n) is 2.74. The maximum absolute atomic E-state index is 12.1. The Morgan fingerprint density at radius 1 is 1.55 bits per heavy atom. The van der Waals surface area contributed by atoms with Crippen LogP contribution in [0.4, 0.5) is 0 Å². The molecule has 0 bridgehead atoms. The van der Waals surface area contributed by atoms with Crippen LogP contribution >= 0.6 is 11.3 Å². The molecule has 1 saturated heterocycles. The summed E-state index contributed by atoms with van der Waals surface area (Å²) in [6.07, 6.45) is 8.25. The summed E-state index contributed by atoms with van der Waals surface area (Å²) in [4.78, 5) is 17.8. The van der Waals surface area contributed by atoms with Crippen LogP contribution in [0.25, 0.3) is 0 Å². The number of hydrogen-bond acceptors (Lipinski definition) is 4. The van der Waals surface area contributed by atoms with E-state index in [-0.39, 0.29) is 11.9 Å². The lowest BCUT2D eigenvalue weighted by Crippen LogP contribution is -2.30. The van der Waals surface area contributed by atoms with E-state index in [9.17, 15) is 4.79 Å². The largest absolute Gasteiger partial charge is 0.378 e. The summed E-state index contributed by atoms with van der Waals surface area (Å²) in [6.45, 7) is 2.92. The molecule has 4 nitrogen and oxygen atoms in total. The Labute approximate surface area is 123 Å². The van der Waals surface area contributed by atoms with Gasteiger partial charge in [-0.25, -0.2) is 4.98 Å². The van der Waals surface area contributed by atoms with Gasteiger partial charge in [-0.15, -0.1) is 11.3 Å². The average molecular weight is 294 g/mol. The summed E-state index contributed by atoms with van der Waals surface area (Å²) >= 11 is 1.70. The topological polar surface area (TPSA) is 51.2 Å². The zero-order valence-corrected chi connectivity index (χ0v) is 12.7. The van der Waals surface area contributed by atoms with Gasteiger partial charge in [0.15, 0.2) is 0 Å². The van der Waals surface area contributed by atoms with Gasteiger partial charge < -0.3 is 10.1 Å². The number of nitrogens with one attached hydrogen (secondary N) is 1. The number of hydrogen-bond donors (Lipinski definition) is 1. The molecule has 110 valence electrons. The maximum Gasteiger partial charge on any atom is 0.220 e. The van der Waals surface area contributed by atoms with Gasteiger partial charge >= 0.3 is 0 Å². The summed E-state index contributed by atoms with van der Waals surface area (Å²) in [5.41, 5.74) is 0. The number of aryl methyl sites for hydroxylation is 1. The van der Waals surface area contributed by atoms with Crippen LogP contribution in [0.15, 0.2) is 6.20 Å². The minimum absolute atomic E-state index is 0.130. The summed E-state index contributed by atoms with van der Waals surface area (Å²) in [5, 5.41) is 4.25. The number of amides is 1. The molecule has 1 aromatic rings. The standard InChI is InChI=1S/C15H22N2O2S/c1-10-9-16-15(20-10)14(11-4-5-11)17-13(18)7-6-12-3-2-8-19-12/h9,11-12,14H,2-8H2,1H3,(H,17,18)/t12-,14-/m1/s1. The lowest BCUT2D eigenvalue weighted by atomic mass is 10.1. The van der Waals surface area contributed by atoms with Gasteiger partial charge in [-0.3, -0.25) is 4.79 Å². The molecule has 2 heterocycles. The SMILES string of the molecule is Cc1cnc([C@H](NC(=O)CC[C@H]2CCCO2)C2CC2)s1. The number of carbonyl (C=O) groups is 1. The van der Waals surface area contributed by atoms with Crippen molar-refractivity contribution in [3.63, 3.8) is 0 Å². The van der Waals surface area contributed by atoms with Crippen molar-refractivity contribution in [3.05, 3.63) is 16.1 Å². The monoisotopic (exact) mass is 294 g/mol. The van der Waals surface area contributed by atoms with Crippen LogP contribution in [0.5, 0.6) is 0 Å². The lowest BCUT2D eigenvalue weighted by molar-refractivity contribution is -0.122. The van der Waals surface area contributed by atoms with Crippen molar-refractivity contribution >= 4 is 17.2 Å². The highest BCUT2D eigenvalue weighted by atomic mass is 32.1. The van der Waals surface area contributed by atoms with Crippen LogP contribution in [0.1, 0.15) is 54.5 Å². The second-order valence-corrected chi connectivity index (χ2v) is 7.13. The van der Waals surface area contributed by atoms with Gasteiger partial charge in [0.1, 0.15) is 5.01 Å². The Hall–Kier alpha value is -0.940. The highest BCUT2D eigenvalue weighted by Gasteiger charge is 2.35. The first-order valence-corrected chi connectivity index (χ1v) is 8.37. The Balaban J connectivity index is 1.52. The second-order valence-electron chi connectivity index (χ2n) is 5.87. The van der Waals surface area contributed by atoms with E-state index in [1.165, 1.54) is 17.7 Å². The Kier molecular flexibility index (Phi) is 4.36. The van der Waals surface area contributed by atoms with Gasteiger partial charge in [0.25, 0.3) is 0 Å². The number of rotatable bonds is 6. The zero-order chi connectivity index (χ0) is 13.9. The predicted octanol–water partition coefficient (Wildman–Crippen LogP) is 2.98. The second kappa shape index (κ2) is 6.22. The van der Waals surface area contributed by atoms with Gasteiger partial charge in [0.05, 0.1) is 12.1 Å². The van der Waals surface area contributed by atoms with E-state index in [0.717, 1.165) is 30.9 Å². The summed E-state index contributed by atoms with van der Waals surface area (Å²) in [5.74, 6) is 0.734. The predicted molar refractivity (Wildman–Crippen MR) is 78.7 cm³/mol. The van der Waals surface area contributed by atoms with Crippen molar-refractivity contribution < 1.29 is 9.53 Å². The molecule has 1 aliphatic carbocycles. The van der Waals surface area contributed by atoms with E-state index in [0.29, 0.717) is 18.4 Å². The molecule has 0 aromatic carbocycles. The van der Waals surface area contributed by atoms with Crippen LogP contribution < -0.4 is 5.32 Å². The fraction of sp³-hybridized carbons (Fsp3) is 0.733. The van der Waals surface area contributed by atoms with Crippen LogP contribution in [-0.2, 0) is 9.53 Å². The van der Waals surface area contributed by atoms with E-state index in [4.69, 9.17) is 4.74 Å². The number of ether oxygens (including phenoxy) is 1. The van der Waals surface area contributed by atoms with Gasteiger partial charge in [0, 0.05) is 24.1 Å². The molecule has 2 atom stereocenters. The molecule has 1 aliphatic heterocycles. The van der Waals surface area contributed by atoms with Crippen molar-refractivity contribution in [2.75, 3.05) is 6.61 Å². The molecule has 1 aromatic heterocycles. The molecule has 1 N–H and O–H groups in total. The van der Waals surface area contributed by atoms with Gasteiger partial charge in [-0.2, -0.15) is 0 Å². The number of carbonyl (C=O) groups excluding carboxylic acids is 1. The van der Waals surface area contributed by atoms with Crippen molar-refractivity contribution in [2.45, 2.75) is 57.6 Å². The first-order valence-electron chi connectivity index (χ1n) is 7.55. The van der Waals surface area contributed by atoms with E-state index < -0.39 is 0 Å². The van der Waals surface area contributed by atoms with Crippen LogP contribution in [0.3, 0.4) is 0 Å². The highest BCUT2D eigenvalue weighted by molar-refractivity contribution is 7.11. The van der Waals surface area contributed by atoms with E-state index in [2.05, 4.69) is 17.2 Å². The maximum atomic E-state index is 12.1. The van der Waals surface area contributed by atoms with E-state index in [1.807, 2.05) is 6.20 Å². The molecular weight excluding hydrogens is 272 g/mol. The molecule has 20 heavy (non-hydrogen) atoms. The fourth-order valence-corrected chi connectivity index (χ4v) is 3.66. The average Bonchev–Trinajstić information content (AvgIpc) is 2.96.